The van der Waals surface area contributed by atoms with Crippen LogP contribution in [0.4, 0.5) is 4.39 Å². The van der Waals surface area contributed by atoms with Crippen LogP contribution in [-0.2, 0) is 0 Å². The molecule has 0 amide bonds. The van der Waals surface area contributed by atoms with Gasteiger partial charge in [-0.25, -0.2) is 4.39 Å². The van der Waals surface area contributed by atoms with Gasteiger partial charge in [-0.1, -0.05) is 36.4 Å². The fourth-order valence-electron chi connectivity index (χ4n) is 5.66. The van der Waals surface area contributed by atoms with Gasteiger partial charge >= 0.3 is 0 Å². The van der Waals surface area contributed by atoms with Crippen molar-refractivity contribution in [3.05, 3.63) is 94.8 Å². The molecule has 0 aliphatic carbocycles. The van der Waals surface area contributed by atoms with Crippen LogP contribution >= 0.6 is 0 Å². The molecule has 1 heterocycles. The lowest BCUT2D eigenvalue weighted by Crippen LogP contribution is -2.50. The molecule has 1 saturated heterocycles. The molecule has 0 unspecified atom stereocenters. The van der Waals surface area contributed by atoms with Gasteiger partial charge in [0.05, 0.1) is 14.2 Å². The molecule has 0 aromatic heterocycles. The maximum absolute atomic E-state index is 14.9. The van der Waals surface area contributed by atoms with Gasteiger partial charge in [-0.2, -0.15) is 0 Å². The highest BCUT2D eigenvalue weighted by molar-refractivity contribution is 6.02. The van der Waals surface area contributed by atoms with Gasteiger partial charge in [0.1, 0.15) is 17.3 Å². The summed E-state index contributed by atoms with van der Waals surface area (Å²) in [6.07, 6.45) is 1.37. The molecule has 3 aromatic carbocycles. The van der Waals surface area contributed by atoms with Crippen molar-refractivity contribution >= 4 is 11.6 Å². The van der Waals surface area contributed by atoms with Crippen LogP contribution in [0, 0.1) is 24.6 Å². The average Bonchev–Trinajstić information content (AvgIpc) is 2.97. The van der Waals surface area contributed by atoms with Crippen molar-refractivity contribution in [3.63, 3.8) is 0 Å². The molecule has 0 spiro atoms. The zero-order valence-electron chi connectivity index (χ0n) is 22.7. The highest BCUT2D eigenvalue weighted by atomic mass is 19.1. The lowest BCUT2D eigenvalue weighted by Gasteiger charge is -2.43. The number of carbonyl (C=O) groups excluding carboxylic acids is 2. The predicted molar refractivity (Wildman–Crippen MR) is 148 cm³/mol. The molecular weight excluding hydrogens is 497 g/mol. The summed E-state index contributed by atoms with van der Waals surface area (Å²) in [5.74, 6) is -1.18. The Hall–Kier alpha value is -3.55. The van der Waals surface area contributed by atoms with Crippen LogP contribution in [0.5, 0.6) is 11.5 Å². The number of halogens is 1. The molecule has 1 fully saturated rings. The molecule has 0 saturated carbocycles. The first-order valence-corrected chi connectivity index (χ1v) is 13.3. The number of Topliss-reactive ketones (excluding diaryl/α,β-unsaturated/α-hetero) is 2. The van der Waals surface area contributed by atoms with Gasteiger partial charge in [-0.05, 0) is 67.8 Å². The Morgan fingerprint density at radius 3 is 1.92 bits per heavy atom. The van der Waals surface area contributed by atoms with Crippen molar-refractivity contribution in [2.24, 2.45) is 11.8 Å². The Labute approximate surface area is 229 Å². The lowest BCUT2D eigenvalue weighted by molar-refractivity contribution is 0.0564. The summed E-state index contributed by atoms with van der Waals surface area (Å²) in [6, 6.07) is 18.9. The summed E-state index contributed by atoms with van der Waals surface area (Å²) in [7, 11) is 3.10. The molecular formula is C32H36FNO5. The maximum Gasteiger partial charge on any atom is 0.167 e. The number of aliphatic hydroxyl groups excluding tert-OH is 1. The van der Waals surface area contributed by atoms with E-state index in [0.29, 0.717) is 59.8 Å². The number of aliphatic hydroxyl groups is 1. The maximum atomic E-state index is 14.9. The highest BCUT2D eigenvalue weighted by Crippen LogP contribution is 2.42. The first-order valence-electron chi connectivity index (χ1n) is 13.3. The Morgan fingerprint density at radius 2 is 1.41 bits per heavy atom. The van der Waals surface area contributed by atoms with Gasteiger partial charge in [0, 0.05) is 48.6 Å². The zero-order chi connectivity index (χ0) is 27.9. The molecule has 0 radical (unpaired) electrons. The van der Waals surface area contributed by atoms with E-state index in [2.05, 4.69) is 4.90 Å². The van der Waals surface area contributed by atoms with Crippen molar-refractivity contribution < 1.29 is 28.6 Å². The minimum atomic E-state index is -0.597. The molecule has 6 nitrogen and oxygen atoms in total. The van der Waals surface area contributed by atoms with E-state index in [-0.39, 0.29) is 24.0 Å². The van der Waals surface area contributed by atoms with E-state index in [0.717, 1.165) is 6.42 Å². The molecule has 39 heavy (non-hydrogen) atoms. The molecule has 2 atom stereocenters. The molecule has 206 valence electrons. The van der Waals surface area contributed by atoms with Crippen LogP contribution in [0.15, 0.2) is 66.7 Å². The van der Waals surface area contributed by atoms with Gasteiger partial charge in [-0.15, -0.1) is 0 Å². The normalized spacial score (nSPS) is 18.1. The van der Waals surface area contributed by atoms with Crippen LogP contribution < -0.4 is 9.47 Å². The fourth-order valence-corrected chi connectivity index (χ4v) is 5.66. The van der Waals surface area contributed by atoms with Crippen LogP contribution in [0.3, 0.4) is 0 Å². The third kappa shape index (κ3) is 6.37. The Balaban J connectivity index is 1.84. The summed E-state index contributed by atoms with van der Waals surface area (Å²) in [5.41, 5.74) is 2.10. The number of piperidine rings is 1. The van der Waals surface area contributed by atoms with Crippen LogP contribution in [0.1, 0.15) is 50.6 Å². The number of methoxy groups -OCH3 is 2. The highest BCUT2D eigenvalue weighted by Gasteiger charge is 2.45. The van der Waals surface area contributed by atoms with E-state index < -0.39 is 17.8 Å². The minimum Gasteiger partial charge on any atom is -0.497 e. The van der Waals surface area contributed by atoms with Crippen LogP contribution in [0.2, 0.25) is 0 Å². The van der Waals surface area contributed by atoms with Crippen LogP contribution in [-0.4, -0.2) is 62.0 Å². The summed E-state index contributed by atoms with van der Waals surface area (Å²) < 4.78 is 25.6. The number of carbonyl (C=O) groups is 2. The van der Waals surface area contributed by atoms with E-state index in [9.17, 15) is 19.1 Å². The van der Waals surface area contributed by atoms with Gasteiger partial charge in [0.2, 0.25) is 0 Å². The van der Waals surface area contributed by atoms with Gasteiger partial charge in [0.15, 0.2) is 11.6 Å². The van der Waals surface area contributed by atoms with Crippen molar-refractivity contribution in [3.8, 4) is 11.5 Å². The number of nitrogens with zero attached hydrogens (tertiary/aromatic N) is 1. The number of benzene rings is 3. The van der Waals surface area contributed by atoms with E-state index in [1.807, 2.05) is 6.07 Å². The van der Waals surface area contributed by atoms with E-state index in [4.69, 9.17) is 9.47 Å². The number of ether oxygens (including phenoxy) is 2. The Kier molecular flexibility index (Phi) is 9.49. The monoisotopic (exact) mass is 533 g/mol. The van der Waals surface area contributed by atoms with Crippen molar-refractivity contribution in [1.29, 1.82) is 0 Å². The summed E-state index contributed by atoms with van der Waals surface area (Å²) in [6.45, 7) is 3.27. The average molecular weight is 534 g/mol. The van der Waals surface area contributed by atoms with Gasteiger partial charge in [0.25, 0.3) is 0 Å². The van der Waals surface area contributed by atoms with E-state index in [1.165, 1.54) is 6.07 Å². The zero-order valence-corrected chi connectivity index (χ0v) is 22.7. The topological polar surface area (TPSA) is 76.1 Å². The Morgan fingerprint density at radius 1 is 0.872 bits per heavy atom. The van der Waals surface area contributed by atoms with Gasteiger partial charge < -0.3 is 19.5 Å². The lowest BCUT2D eigenvalue weighted by atomic mass is 9.67. The largest absolute Gasteiger partial charge is 0.497 e. The van der Waals surface area contributed by atoms with E-state index >= 15 is 0 Å². The molecule has 1 aliphatic rings. The van der Waals surface area contributed by atoms with Crippen LogP contribution in [0.25, 0.3) is 0 Å². The second-order valence-corrected chi connectivity index (χ2v) is 10.1. The quantitative estimate of drug-likeness (QED) is 0.266. The number of ketones is 2. The summed E-state index contributed by atoms with van der Waals surface area (Å²) in [4.78, 5) is 30.5. The smallest absolute Gasteiger partial charge is 0.167 e. The van der Waals surface area contributed by atoms with E-state index in [1.54, 1.807) is 75.7 Å². The van der Waals surface area contributed by atoms with Gasteiger partial charge in [-0.3, -0.25) is 9.59 Å². The SMILES string of the molecule is COc1cccc(C(=O)[C@H]2CN(CCCCO)C[C@H](C(=O)c3cccc(OC)c3)C2c2cccc(F)c2C)c1. The van der Waals surface area contributed by atoms with Crippen molar-refractivity contribution in [2.45, 2.75) is 25.7 Å². The standard InChI is InChI=1S/C32H36FNO5/c1-21-26(13-8-14-29(21)33)30-27(31(36)22-9-6-11-24(17-22)38-2)19-34(15-4-5-16-35)20-28(30)32(37)23-10-7-12-25(18-23)39-3/h6-14,17-18,27-28,30,35H,4-5,15-16,19-20H2,1-3H3/t27-,28-/m0/s1. The third-order valence-corrected chi connectivity index (χ3v) is 7.71. The first-order chi connectivity index (χ1) is 18.9. The summed E-state index contributed by atoms with van der Waals surface area (Å²) in [5, 5.41) is 9.33. The molecule has 7 heteroatoms. The minimum absolute atomic E-state index is 0.0806. The van der Waals surface area contributed by atoms with Crippen molar-refractivity contribution in [1.82, 2.24) is 4.90 Å². The fraction of sp³-hybridized carbons (Fsp3) is 0.375. The number of unbranched alkanes of at least 4 members (excludes halogenated alkanes) is 1. The molecule has 4 rings (SSSR count). The van der Waals surface area contributed by atoms with Crippen molar-refractivity contribution in [2.75, 3.05) is 40.5 Å². The number of likely N-dealkylation sites (tertiary alicyclic amines) is 1. The first kappa shape index (κ1) is 28.5. The molecule has 1 N–H and O–H groups in total. The third-order valence-electron chi connectivity index (χ3n) is 7.71. The molecule has 0 bridgehead atoms. The number of hydrogen-bond acceptors (Lipinski definition) is 6. The second kappa shape index (κ2) is 13.0. The molecule has 1 aliphatic heterocycles. The summed E-state index contributed by atoms with van der Waals surface area (Å²) >= 11 is 0. The Bertz CT molecular complexity index is 1240. The predicted octanol–water partition coefficient (Wildman–Crippen LogP) is 5.32. The second-order valence-electron chi connectivity index (χ2n) is 10.1. The molecule has 3 aromatic rings. The number of hydrogen-bond donors (Lipinski definition) is 1. The number of rotatable bonds is 11.